The smallest absolute Gasteiger partial charge is 0.330 e. The second-order valence-electron chi connectivity index (χ2n) is 12.4. The fourth-order valence-electron chi connectivity index (χ4n) is 6.84. The summed E-state index contributed by atoms with van der Waals surface area (Å²) in [7, 11) is 0. The quantitative estimate of drug-likeness (QED) is 0.130. The Morgan fingerprint density at radius 2 is 1.23 bits per heavy atom. The normalized spacial score (nSPS) is 15.1. The summed E-state index contributed by atoms with van der Waals surface area (Å²) in [6.45, 7) is 13.3. The van der Waals surface area contributed by atoms with E-state index in [0.29, 0.717) is 6.61 Å². The van der Waals surface area contributed by atoms with Crippen molar-refractivity contribution in [2.24, 2.45) is 0 Å². The van der Waals surface area contributed by atoms with Crippen LogP contribution in [0.5, 0.6) is 0 Å². The Bertz CT molecular complexity index is 1640. The number of hydrogen-bond donors (Lipinski definition) is 0. The van der Waals surface area contributed by atoms with Crippen LogP contribution >= 0.6 is 0 Å². The average molecular weight is 527 g/mol. The number of esters is 1. The Kier molecular flexibility index (Phi) is 6.53. The molecule has 0 N–H and O–H groups in total. The third kappa shape index (κ3) is 4.31. The van der Waals surface area contributed by atoms with Gasteiger partial charge in [0.25, 0.3) is 0 Å². The van der Waals surface area contributed by atoms with Gasteiger partial charge < -0.3 is 4.74 Å². The van der Waals surface area contributed by atoms with Crippen molar-refractivity contribution in [1.82, 2.24) is 0 Å². The van der Waals surface area contributed by atoms with E-state index < -0.39 is 0 Å². The molecule has 0 aromatic heterocycles. The van der Waals surface area contributed by atoms with Gasteiger partial charge in [0.15, 0.2) is 0 Å². The molecule has 0 unspecified atom stereocenters. The number of fused-ring (bicyclic) bond motifs is 6. The zero-order chi connectivity index (χ0) is 28.1. The molecule has 2 aliphatic rings. The van der Waals surface area contributed by atoms with Crippen molar-refractivity contribution in [3.8, 4) is 33.4 Å². The van der Waals surface area contributed by atoms with E-state index in [-0.39, 0.29) is 16.8 Å². The molecule has 6 rings (SSSR count). The molecule has 0 saturated heterocycles. The molecule has 4 aromatic carbocycles. The standard InChI is InChI=1S/C38H38O2/c1-6-36(39)40-21-11-7-8-12-25-15-18-29-31-20-17-27(24-35(31)38(4,5)33(29)22-25)26-16-19-30-28-13-9-10-14-32(28)37(2,3)34(30)23-26/h6,9-10,13-20,22-24H,1,7-8,11-12,21H2,2-5H3. The van der Waals surface area contributed by atoms with E-state index in [2.05, 4.69) is 113 Å². The van der Waals surface area contributed by atoms with Gasteiger partial charge in [-0.3, -0.25) is 0 Å². The minimum absolute atomic E-state index is 0.000608. The number of hydrogen-bond acceptors (Lipinski definition) is 2. The van der Waals surface area contributed by atoms with Crippen LogP contribution in [0, 0.1) is 0 Å². The zero-order valence-electron chi connectivity index (χ0n) is 24.1. The molecule has 2 aliphatic carbocycles. The largest absolute Gasteiger partial charge is 0.463 e. The fourth-order valence-corrected chi connectivity index (χ4v) is 6.84. The van der Waals surface area contributed by atoms with Crippen molar-refractivity contribution in [2.75, 3.05) is 6.61 Å². The first kappa shape index (κ1) is 26.3. The maximum atomic E-state index is 11.2. The van der Waals surface area contributed by atoms with Gasteiger partial charge in [-0.2, -0.15) is 0 Å². The Hall–Kier alpha value is -3.91. The summed E-state index contributed by atoms with van der Waals surface area (Å²) in [6.07, 6.45) is 5.26. The minimum Gasteiger partial charge on any atom is -0.463 e. The van der Waals surface area contributed by atoms with Crippen LogP contribution < -0.4 is 0 Å². The molecule has 0 spiro atoms. The highest BCUT2D eigenvalue weighted by Gasteiger charge is 2.37. The predicted molar refractivity (Wildman–Crippen MR) is 166 cm³/mol. The van der Waals surface area contributed by atoms with Crippen molar-refractivity contribution in [1.29, 1.82) is 0 Å². The van der Waals surface area contributed by atoms with Gasteiger partial charge in [0, 0.05) is 16.9 Å². The lowest BCUT2D eigenvalue weighted by atomic mass is 9.80. The number of rotatable bonds is 8. The highest BCUT2D eigenvalue weighted by Crippen LogP contribution is 2.52. The highest BCUT2D eigenvalue weighted by atomic mass is 16.5. The van der Waals surface area contributed by atoms with Crippen molar-refractivity contribution < 1.29 is 9.53 Å². The predicted octanol–water partition coefficient (Wildman–Crippen LogP) is 9.41. The van der Waals surface area contributed by atoms with Crippen molar-refractivity contribution in [2.45, 2.75) is 64.2 Å². The minimum atomic E-state index is -0.339. The average Bonchev–Trinajstić information content (AvgIpc) is 3.33. The van der Waals surface area contributed by atoms with Crippen molar-refractivity contribution in [3.05, 3.63) is 119 Å². The van der Waals surface area contributed by atoms with Gasteiger partial charge in [-0.15, -0.1) is 0 Å². The molecular formula is C38H38O2. The van der Waals surface area contributed by atoms with Crippen LogP contribution in [-0.4, -0.2) is 12.6 Å². The molecular weight excluding hydrogens is 488 g/mol. The lowest BCUT2D eigenvalue weighted by Gasteiger charge is -2.23. The van der Waals surface area contributed by atoms with E-state index in [9.17, 15) is 4.79 Å². The Labute approximate surface area is 238 Å². The molecule has 0 aliphatic heterocycles. The second kappa shape index (κ2) is 9.93. The zero-order valence-corrected chi connectivity index (χ0v) is 24.1. The number of benzene rings is 4. The number of unbranched alkanes of at least 4 members (excludes halogenated alkanes) is 2. The molecule has 0 fully saturated rings. The third-order valence-electron chi connectivity index (χ3n) is 9.18. The Morgan fingerprint density at radius 3 is 1.88 bits per heavy atom. The van der Waals surface area contributed by atoms with E-state index in [1.165, 1.54) is 67.3 Å². The maximum absolute atomic E-state index is 11.2. The molecule has 0 saturated carbocycles. The van der Waals surface area contributed by atoms with Gasteiger partial charge in [0.1, 0.15) is 0 Å². The van der Waals surface area contributed by atoms with Gasteiger partial charge in [-0.05, 0) is 99.0 Å². The summed E-state index contributed by atoms with van der Waals surface area (Å²) in [5.74, 6) is -0.339. The summed E-state index contributed by atoms with van der Waals surface area (Å²) in [5, 5.41) is 0. The summed E-state index contributed by atoms with van der Waals surface area (Å²) >= 11 is 0. The van der Waals surface area contributed by atoms with Gasteiger partial charge in [-0.25, -0.2) is 4.79 Å². The molecule has 2 nitrogen and oxygen atoms in total. The fraction of sp³-hybridized carbons (Fsp3) is 0.289. The van der Waals surface area contributed by atoms with Crippen LogP contribution in [0.3, 0.4) is 0 Å². The van der Waals surface area contributed by atoms with Gasteiger partial charge >= 0.3 is 5.97 Å². The molecule has 0 bridgehead atoms. The number of carbonyl (C=O) groups is 1. The number of carbonyl (C=O) groups excluding carboxylic acids is 1. The summed E-state index contributed by atoms with van der Waals surface area (Å²) < 4.78 is 5.10. The second-order valence-corrected chi connectivity index (χ2v) is 12.4. The molecule has 0 atom stereocenters. The van der Waals surface area contributed by atoms with Crippen LogP contribution in [0.4, 0.5) is 0 Å². The van der Waals surface area contributed by atoms with Crippen LogP contribution in [0.2, 0.25) is 0 Å². The van der Waals surface area contributed by atoms with Crippen LogP contribution in [0.25, 0.3) is 33.4 Å². The lowest BCUT2D eigenvalue weighted by molar-refractivity contribution is -0.137. The topological polar surface area (TPSA) is 26.3 Å². The summed E-state index contributed by atoms with van der Waals surface area (Å²) in [6, 6.07) is 30.0. The molecule has 0 radical (unpaired) electrons. The first-order valence-electron chi connectivity index (χ1n) is 14.5. The Morgan fingerprint density at radius 1 is 0.675 bits per heavy atom. The van der Waals surface area contributed by atoms with E-state index >= 15 is 0 Å². The van der Waals surface area contributed by atoms with Crippen LogP contribution in [-0.2, 0) is 26.8 Å². The maximum Gasteiger partial charge on any atom is 0.330 e. The molecule has 2 heteroatoms. The van der Waals surface area contributed by atoms with E-state index in [4.69, 9.17) is 4.74 Å². The Balaban J connectivity index is 1.23. The summed E-state index contributed by atoms with van der Waals surface area (Å²) in [5.41, 5.74) is 15.0. The van der Waals surface area contributed by atoms with Gasteiger partial charge in [0.05, 0.1) is 6.61 Å². The molecule has 202 valence electrons. The van der Waals surface area contributed by atoms with Crippen molar-refractivity contribution >= 4 is 5.97 Å². The first-order valence-corrected chi connectivity index (χ1v) is 14.5. The summed E-state index contributed by atoms with van der Waals surface area (Å²) in [4.78, 5) is 11.2. The number of ether oxygens (including phenoxy) is 1. The molecule has 0 amide bonds. The van der Waals surface area contributed by atoms with Gasteiger partial charge in [-0.1, -0.05) is 101 Å². The van der Waals surface area contributed by atoms with Gasteiger partial charge in [0.2, 0.25) is 0 Å². The highest BCUT2D eigenvalue weighted by molar-refractivity contribution is 5.86. The SMILES string of the molecule is C=CC(=O)OCCCCCc1ccc2c(c1)C(C)(C)c1cc(-c3ccc4c(c3)C(C)(C)c3ccccc3-4)ccc1-2. The van der Waals surface area contributed by atoms with Crippen LogP contribution in [0.1, 0.15) is 74.8 Å². The van der Waals surface area contributed by atoms with E-state index in [1.54, 1.807) is 0 Å². The monoisotopic (exact) mass is 526 g/mol. The van der Waals surface area contributed by atoms with Crippen LogP contribution in [0.15, 0.2) is 91.5 Å². The molecule has 40 heavy (non-hydrogen) atoms. The molecule has 0 heterocycles. The number of aryl methyl sites for hydroxylation is 1. The van der Waals surface area contributed by atoms with Crippen molar-refractivity contribution in [3.63, 3.8) is 0 Å². The lowest BCUT2D eigenvalue weighted by Crippen LogP contribution is -2.15. The van der Waals surface area contributed by atoms with E-state index in [0.717, 1.165) is 25.7 Å². The molecule has 4 aromatic rings. The third-order valence-corrected chi connectivity index (χ3v) is 9.18. The van der Waals surface area contributed by atoms with E-state index in [1.807, 2.05) is 0 Å². The first-order chi connectivity index (χ1) is 19.2.